The highest BCUT2D eigenvalue weighted by Gasteiger charge is 2.38. The Bertz CT molecular complexity index is 720. The average molecular weight is 288 g/mol. The van der Waals surface area contributed by atoms with Crippen LogP contribution in [0.2, 0.25) is 0 Å². The molecule has 7 nitrogen and oxygen atoms in total. The molecule has 1 aliphatic rings. The van der Waals surface area contributed by atoms with Gasteiger partial charge in [0.1, 0.15) is 11.6 Å². The number of rotatable bonds is 4. The third-order valence-corrected chi connectivity index (χ3v) is 3.81. The Hall–Kier alpha value is -2.44. The van der Waals surface area contributed by atoms with E-state index in [9.17, 15) is 14.7 Å². The zero-order valence-corrected chi connectivity index (χ0v) is 11.9. The van der Waals surface area contributed by atoms with Crippen molar-refractivity contribution in [3.8, 4) is 0 Å². The maximum absolute atomic E-state index is 12.7. The van der Waals surface area contributed by atoms with Crippen molar-refractivity contribution in [2.45, 2.75) is 31.8 Å². The summed E-state index contributed by atoms with van der Waals surface area (Å²) in [7, 11) is 1.75. The number of hydrogen-bond acceptors (Lipinski definition) is 4. The summed E-state index contributed by atoms with van der Waals surface area (Å²) in [6.07, 6.45) is 1.72. The Morgan fingerprint density at radius 1 is 1.43 bits per heavy atom. The predicted octanol–water partition coefficient (Wildman–Crippen LogP) is 1.05. The van der Waals surface area contributed by atoms with E-state index in [1.165, 1.54) is 4.90 Å². The van der Waals surface area contributed by atoms with Crippen LogP contribution in [-0.2, 0) is 11.8 Å². The number of amides is 1. The summed E-state index contributed by atoms with van der Waals surface area (Å²) < 4.78 is 1.59. The van der Waals surface area contributed by atoms with E-state index >= 15 is 0 Å². The molecule has 1 unspecified atom stereocenters. The number of carboxylic acids is 1. The van der Waals surface area contributed by atoms with Crippen LogP contribution < -0.4 is 0 Å². The van der Waals surface area contributed by atoms with E-state index in [-0.39, 0.29) is 11.9 Å². The van der Waals surface area contributed by atoms with Crippen molar-refractivity contribution in [1.82, 2.24) is 19.9 Å². The van der Waals surface area contributed by atoms with Crippen LogP contribution in [0.4, 0.5) is 0 Å². The first-order valence-electron chi connectivity index (χ1n) is 6.84. The van der Waals surface area contributed by atoms with Gasteiger partial charge in [0.05, 0.1) is 5.52 Å². The molecule has 1 atom stereocenters. The summed E-state index contributed by atoms with van der Waals surface area (Å²) in [6, 6.07) is 4.31. The Balaban J connectivity index is 1.97. The van der Waals surface area contributed by atoms with Crippen LogP contribution in [0.3, 0.4) is 0 Å². The third kappa shape index (κ3) is 2.35. The SMILES string of the molecule is CC(C(=O)O)N(C(=O)c1ccc2nnn(C)c2c1)C1CC1. The van der Waals surface area contributed by atoms with E-state index in [2.05, 4.69) is 10.3 Å². The van der Waals surface area contributed by atoms with Gasteiger partial charge < -0.3 is 10.0 Å². The van der Waals surface area contributed by atoms with Gasteiger partial charge in [-0.15, -0.1) is 5.10 Å². The first-order valence-corrected chi connectivity index (χ1v) is 6.84. The van der Waals surface area contributed by atoms with E-state index in [1.807, 2.05) is 0 Å². The topological polar surface area (TPSA) is 88.3 Å². The predicted molar refractivity (Wildman–Crippen MR) is 74.8 cm³/mol. The van der Waals surface area contributed by atoms with Crippen LogP contribution in [0, 0.1) is 0 Å². The van der Waals surface area contributed by atoms with Gasteiger partial charge in [-0.1, -0.05) is 5.21 Å². The molecule has 0 aliphatic heterocycles. The standard InChI is InChI=1S/C14H16N4O3/c1-8(14(20)21)18(10-4-5-10)13(19)9-3-6-11-12(7-9)17(2)16-15-11/h3,6-8,10H,4-5H2,1-2H3,(H,20,21). The molecule has 0 bridgehead atoms. The Labute approximate surface area is 121 Å². The number of carbonyl (C=O) groups excluding carboxylic acids is 1. The number of nitrogens with zero attached hydrogens (tertiary/aromatic N) is 4. The molecule has 2 aromatic rings. The lowest BCUT2D eigenvalue weighted by molar-refractivity contribution is -0.141. The van der Waals surface area contributed by atoms with E-state index in [0.717, 1.165) is 18.4 Å². The highest BCUT2D eigenvalue weighted by molar-refractivity contribution is 5.99. The second kappa shape index (κ2) is 4.83. The van der Waals surface area contributed by atoms with Crippen LogP contribution in [0.1, 0.15) is 30.1 Å². The molecule has 1 saturated carbocycles. The minimum atomic E-state index is -0.987. The Morgan fingerprint density at radius 3 is 2.76 bits per heavy atom. The molecule has 1 amide bonds. The monoisotopic (exact) mass is 288 g/mol. The molecule has 0 saturated heterocycles. The second-order valence-electron chi connectivity index (χ2n) is 5.37. The second-order valence-corrected chi connectivity index (χ2v) is 5.37. The van der Waals surface area contributed by atoms with Gasteiger partial charge in [0.25, 0.3) is 5.91 Å². The lowest BCUT2D eigenvalue weighted by Gasteiger charge is -2.26. The average Bonchev–Trinajstić information content (AvgIpc) is 3.22. The van der Waals surface area contributed by atoms with Gasteiger partial charge in [0.2, 0.25) is 0 Å². The largest absolute Gasteiger partial charge is 0.480 e. The summed E-state index contributed by atoms with van der Waals surface area (Å²) in [4.78, 5) is 25.3. The highest BCUT2D eigenvalue weighted by Crippen LogP contribution is 2.30. The molecule has 1 aromatic heterocycles. The van der Waals surface area contributed by atoms with Crippen molar-refractivity contribution in [3.05, 3.63) is 23.8 Å². The van der Waals surface area contributed by atoms with Crippen molar-refractivity contribution in [2.75, 3.05) is 0 Å². The van der Waals surface area contributed by atoms with Gasteiger partial charge in [0, 0.05) is 18.7 Å². The smallest absolute Gasteiger partial charge is 0.326 e. The molecule has 1 aliphatic carbocycles. The molecular formula is C14H16N4O3. The summed E-state index contributed by atoms with van der Waals surface area (Å²) in [5.74, 6) is -1.24. The zero-order chi connectivity index (χ0) is 15.1. The summed E-state index contributed by atoms with van der Waals surface area (Å²) in [5, 5.41) is 17.1. The lowest BCUT2D eigenvalue weighted by atomic mass is 10.1. The lowest BCUT2D eigenvalue weighted by Crippen LogP contribution is -2.44. The zero-order valence-electron chi connectivity index (χ0n) is 11.9. The minimum absolute atomic E-state index is 0.0314. The molecule has 3 rings (SSSR count). The fraction of sp³-hybridized carbons (Fsp3) is 0.429. The summed E-state index contributed by atoms with van der Waals surface area (Å²) in [5.41, 5.74) is 1.92. The molecule has 0 spiro atoms. The van der Waals surface area contributed by atoms with E-state index in [1.54, 1.807) is 36.9 Å². The summed E-state index contributed by atoms with van der Waals surface area (Å²) in [6.45, 7) is 1.54. The van der Waals surface area contributed by atoms with Crippen LogP contribution in [0.15, 0.2) is 18.2 Å². The van der Waals surface area contributed by atoms with Crippen molar-refractivity contribution in [2.24, 2.45) is 7.05 Å². The Kier molecular flexibility index (Phi) is 3.12. The number of carboxylic acid groups (broad SMARTS) is 1. The molecular weight excluding hydrogens is 272 g/mol. The van der Waals surface area contributed by atoms with Gasteiger partial charge in [-0.3, -0.25) is 4.79 Å². The van der Waals surface area contributed by atoms with E-state index in [0.29, 0.717) is 11.1 Å². The van der Waals surface area contributed by atoms with Crippen molar-refractivity contribution in [3.63, 3.8) is 0 Å². The molecule has 1 heterocycles. The number of carbonyl (C=O) groups is 2. The normalized spacial score (nSPS) is 15.9. The van der Waals surface area contributed by atoms with Crippen molar-refractivity contribution < 1.29 is 14.7 Å². The maximum Gasteiger partial charge on any atom is 0.326 e. The van der Waals surface area contributed by atoms with Crippen LogP contribution in [0.25, 0.3) is 11.0 Å². The van der Waals surface area contributed by atoms with Gasteiger partial charge in [0.15, 0.2) is 0 Å². The first-order chi connectivity index (χ1) is 9.99. The molecule has 0 radical (unpaired) electrons. The third-order valence-electron chi connectivity index (χ3n) is 3.81. The number of hydrogen-bond donors (Lipinski definition) is 1. The Morgan fingerprint density at radius 2 is 2.14 bits per heavy atom. The van der Waals surface area contributed by atoms with Crippen LogP contribution >= 0.6 is 0 Å². The molecule has 110 valence electrons. The van der Waals surface area contributed by atoms with Crippen molar-refractivity contribution in [1.29, 1.82) is 0 Å². The molecule has 1 aromatic carbocycles. The van der Waals surface area contributed by atoms with Gasteiger partial charge in [-0.2, -0.15) is 0 Å². The minimum Gasteiger partial charge on any atom is -0.480 e. The molecule has 21 heavy (non-hydrogen) atoms. The number of fused-ring (bicyclic) bond motifs is 1. The molecule has 7 heteroatoms. The van der Waals surface area contributed by atoms with Gasteiger partial charge >= 0.3 is 5.97 Å². The molecule has 1 fully saturated rings. The first kappa shape index (κ1) is 13.5. The number of aryl methyl sites for hydroxylation is 1. The van der Waals surface area contributed by atoms with Gasteiger partial charge in [-0.05, 0) is 38.0 Å². The summed E-state index contributed by atoms with van der Waals surface area (Å²) >= 11 is 0. The quantitative estimate of drug-likeness (QED) is 0.908. The molecule has 1 N–H and O–H groups in total. The maximum atomic E-state index is 12.7. The van der Waals surface area contributed by atoms with Crippen LogP contribution in [0.5, 0.6) is 0 Å². The van der Waals surface area contributed by atoms with E-state index in [4.69, 9.17) is 0 Å². The highest BCUT2D eigenvalue weighted by atomic mass is 16.4. The fourth-order valence-corrected chi connectivity index (χ4v) is 2.44. The van der Waals surface area contributed by atoms with E-state index < -0.39 is 12.0 Å². The van der Waals surface area contributed by atoms with Crippen LogP contribution in [-0.4, -0.2) is 49.0 Å². The number of benzene rings is 1. The van der Waals surface area contributed by atoms with Crippen molar-refractivity contribution >= 4 is 22.9 Å². The van der Waals surface area contributed by atoms with Gasteiger partial charge in [-0.25, -0.2) is 9.48 Å². The number of aromatic nitrogens is 3. The number of aliphatic carboxylic acids is 1. The fourth-order valence-electron chi connectivity index (χ4n) is 2.44.